The molecule has 1 saturated carbocycles. The van der Waals surface area contributed by atoms with Gasteiger partial charge in [0.25, 0.3) is 0 Å². The third-order valence-corrected chi connectivity index (χ3v) is 4.00. The maximum absolute atomic E-state index is 6.50. The van der Waals surface area contributed by atoms with Gasteiger partial charge in [0, 0.05) is 30.2 Å². The van der Waals surface area contributed by atoms with E-state index in [1.807, 2.05) is 6.20 Å². The summed E-state index contributed by atoms with van der Waals surface area (Å²) in [5.41, 5.74) is 0. The lowest BCUT2D eigenvalue weighted by atomic mass is 9.99. The van der Waals surface area contributed by atoms with Crippen LogP contribution >= 0.6 is 11.6 Å². The number of aryl methyl sites for hydroxylation is 1. The number of nitrogens with zero attached hydrogens (tertiary/aromatic N) is 2. The van der Waals surface area contributed by atoms with E-state index in [1.165, 1.54) is 31.5 Å². The van der Waals surface area contributed by atoms with Gasteiger partial charge in [-0.25, -0.2) is 4.98 Å². The number of hydrogen-bond acceptors (Lipinski definition) is 1. The molecule has 1 aliphatic carbocycles. The highest BCUT2D eigenvalue weighted by Gasteiger charge is 2.26. The topological polar surface area (TPSA) is 17.8 Å². The van der Waals surface area contributed by atoms with Crippen molar-refractivity contribution in [2.24, 2.45) is 0 Å². The van der Waals surface area contributed by atoms with Crippen LogP contribution in [0.25, 0.3) is 0 Å². The van der Waals surface area contributed by atoms with Crippen molar-refractivity contribution in [1.29, 1.82) is 0 Å². The lowest BCUT2D eigenvalue weighted by Crippen LogP contribution is -2.17. The summed E-state index contributed by atoms with van der Waals surface area (Å²) in [5.74, 6) is 1.68. The summed E-state index contributed by atoms with van der Waals surface area (Å²) in [6, 6.07) is 0. The van der Waals surface area contributed by atoms with E-state index in [0.717, 1.165) is 19.4 Å². The minimum Gasteiger partial charge on any atom is -0.335 e. The first-order chi connectivity index (χ1) is 7.83. The Bertz CT molecular complexity index is 321. The van der Waals surface area contributed by atoms with Gasteiger partial charge in [-0.1, -0.05) is 26.2 Å². The Morgan fingerprint density at radius 2 is 2.19 bits per heavy atom. The fourth-order valence-corrected chi connectivity index (χ4v) is 3.03. The maximum Gasteiger partial charge on any atom is 0.113 e. The first-order valence-electron chi connectivity index (χ1n) is 6.48. The van der Waals surface area contributed by atoms with Crippen molar-refractivity contribution in [3.63, 3.8) is 0 Å². The quantitative estimate of drug-likeness (QED) is 0.578. The van der Waals surface area contributed by atoms with Crippen LogP contribution in [-0.2, 0) is 6.54 Å². The van der Waals surface area contributed by atoms with Gasteiger partial charge in [-0.2, -0.15) is 0 Å². The Kier molecular flexibility index (Phi) is 4.28. The third-order valence-electron chi connectivity index (χ3n) is 3.48. The molecule has 2 nitrogen and oxygen atoms in total. The van der Waals surface area contributed by atoms with E-state index >= 15 is 0 Å². The van der Waals surface area contributed by atoms with Crippen LogP contribution in [0.2, 0.25) is 0 Å². The largest absolute Gasteiger partial charge is 0.335 e. The van der Waals surface area contributed by atoms with Crippen molar-refractivity contribution in [2.45, 2.75) is 63.3 Å². The van der Waals surface area contributed by atoms with Crippen LogP contribution < -0.4 is 0 Å². The summed E-state index contributed by atoms with van der Waals surface area (Å²) in [6.07, 6.45) is 11.4. The van der Waals surface area contributed by atoms with Crippen molar-refractivity contribution >= 4 is 11.6 Å². The summed E-state index contributed by atoms with van der Waals surface area (Å²) < 4.78 is 2.28. The fraction of sp³-hybridized carbons (Fsp3) is 0.769. The lowest BCUT2D eigenvalue weighted by Gasteiger charge is -2.20. The molecule has 2 unspecified atom stereocenters. The average Bonchev–Trinajstić information content (AvgIpc) is 2.61. The van der Waals surface area contributed by atoms with Gasteiger partial charge >= 0.3 is 0 Å². The van der Waals surface area contributed by atoms with E-state index in [1.54, 1.807) is 0 Å². The van der Waals surface area contributed by atoms with Crippen LogP contribution in [0.15, 0.2) is 12.4 Å². The summed E-state index contributed by atoms with van der Waals surface area (Å²) in [4.78, 5) is 4.53. The first kappa shape index (κ1) is 12.0. The SMILES string of the molecule is CCCn1ccnc1C1CCCCCC1Cl. The molecule has 0 spiro atoms. The minimum absolute atomic E-state index is 0.278. The number of alkyl halides is 1. The molecule has 1 aromatic rings. The van der Waals surface area contributed by atoms with Gasteiger partial charge in [-0.15, -0.1) is 11.6 Å². The summed E-state index contributed by atoms with van der Waals surface area (Å²) in [6.45, 7) is 3.27. The molecule has 90 valence electrons. The van der Waals surface area contributed by atoms with Gasteiger partial charge < -0.3 is 4.57 Å². The molecule has 1 fully saturated rings. The van der Waals surface area contributed by atoms with E-state index in [4.69, 9.17) is 11.6 Å². The second kappa shape index (κ2) is 5.72. The minimum atomic E-state index is 0.278. The standard InChI is InChI=1S/C13H21ClN2/c1-2-9-16-10-8-15-13(16)11-6-4-3-5-7-12(11)14/h8,10-12H,2-7,9H2,1H3. The first-order valence-corrected chi connectivity index (χ1v) is 6.91. The van der Waals surface area contributed by atoms with Crippen molar-refractivity contribution < 1.29 is 0 Å². The average molecular weight is 241 g/mol. The Balaban J connectivity index is 2.16. The Labute approximate surface area is 103 Å². The number of halogens is 1. The smallest absolute Gasteiger partial charge is 0.113 e. The van der Waals surface area contributed by atoms with E-state index in [2.05, 4.69) is 22.7 Å². The van der Waals surface area contributed by atoms with E-state index in [9.17, 15) is 0 Å². The summed E-state index contributed by atoms with van der Waals surface area (Å²) in [7, 11) is 0. The van der Waals surface area contributed by atoms with Gasteiger partial charge in [-0.05, 0) is 19.3 Å². The molecule has 1 aromatic heterocycles. The second-order valence-corrected chi connectivity index (χ2v) is 5.30. The van der Waals surface area contributed by atoms with Crippen molar-refractivity contribution in [3.05, 3.63) is 18.2 Å². The van der Waals surface area contributed by atoms with Crippen LogP contribution in [0.5, 0.6) is 0 Å². The zero-order chi connectivity index (χ0) is 11.4. The molecule has 1 aliphatic rings. The molecule has 2 atom stereocenters. The van der Waals surface area contributed by atoms with E-state index < -0.39 is 0 Å². The molecule has 0 amide bonds. The Morgan fingerprint density at radius 3 is 3.00 bits per heavy atom. The predicted molar refractivity (Wildman–Crippen MR) is 68.0 cm³/mol. The highest BCUT2D eigenvalue weighted by atomic mass is 35.5. The van der Waals surface area contributed by atoms with Crippen LogP contribution in [0.4, 0.5) is 0 Å². The Morgan fingerprint density at radius 1 is 1.38 bits per heavy atom. The summed E-state index contributed by atoms with van der Waals surface area (Å²) >= 11 is 6.50. The van der Waals surface area contributed by atoms with Crippen LogP contribution in [-0.4, -0.2) is 14.9 Å². The van der Waals surface area contributed by atoms with Gasteiger partial charge in [0.15, 0.2) is 0 Å². The normalized spacial score (nSPS) is 26.6. The summed E-state index contributed by atoms with van der Waals surface area (Å²) in [5, 5.41) is 0.278. The molecule has 2 rings (SSSR count). The van der Waals surface area contributed by atoms with Crippen LogP contribution in [0.3, 0.4) is 0 Å². The van der Waals surface area contributed by atoms with Crippen LogP contribution in [0.1, 0.15) is 57.2 Å². The van der Waals surface area contributed by atoms with Crippen molar-refractivity contribution in [3.8, 4) is 0 Å². The molecule has 1 heterocycles. The van der Waals surface area contributed by atoms with Crippen LogP contribution in [0, 0.1) is 0 Å². The highest BCUT2D eigenvalue weighted by molar-refractivity contribution is 6.21. The molecular formula is C13H21ClN2. The van der Waals surface area contributed by atoms with Crippen molar-refractivity contribution in [2.75, 3.05) is 0 Å². The van der Waals surface area contributed by atoms with E-state index in [0.29, 0.717) is 5.92 Å². The molecule has 0 radical (unpaired) electrons. The molecule has 16 heavy (non-hydrogen) atoms. The molecule has 3 heteroatoms. The Hall–Kier alpha value is -0.500. The molecular weight excluding hydrogens is 220 g/mol. The van der Waals surface area contributed by atoms with Gasteiger partial charge in [0.05, 0.1) is 0 Å². The lowest BCUT2D eigenvalue weighted by molar-refractivity contribution is 0.522. The predicted octanol–water partition coefficient (Wildman–Crippen LogP) is 3.95. The second-order valence-electron chi connectivity index (χ2n) is 4.74. The molecule has 0 N–H and O–H groups in total. The third kappa shape index (κ3) is 2.60. The van der Waals surface area contributed by atoms with Gasteiger partial charge in [-0.3, -0.25) is 0 Å². The molecule has 0 saturated heterocycles. The number of aromatic nitrogens is 2. The molecule has 0 bridgehead atoms. The van der Waals surface area contributed by atoms with E-state index in [-0.39, 0.29) is 5.38 Å². The molecule has 0 aliphatic heterocycles. The van der Waals surface area contributed by atoms with Gasteiger partial charge in [0.2, 0.25) is 0 Å². The maximum atomic E-state index is 6.50. The zero-order valence-corrected chi connectivity index (χ0v) is 10.8. The van der Waals surface area contributed by atoms with Gasteiger partial charge in [0.1, 0.15) is 5.82 Å². The number of hydrogen-bond donors (Lipinski definition) is 0. The number of imidazole rings is 1. The monoisotopic (exact) mass is 240 g/mol. The fourth-order valence-electron chi connectivity index (χ4n) is 2.63. The molecule has 0 aromatic carbocycles. The highest BCUT2D eigenvalue weighted by Crippen LogP contribution is 2.34. The zero-order valence-electron chi connectivity index (χ0n) is 10.0. The van der Waals surface area contributed by atoms with Crippen molar-refractivity contribution in [1.82, 2.24) is 9.55 Å². The number of rotatable bonds is 3.